The summed E-state index contributed by atoms with van der Waals surface area (Å²) in [5.41, 5.74) is 4.32. The highest BCUT2D eigenvalue weighted by atomic mass is 32.1. The Labute approximate surface area is 203 Å². The largest absolute Gasteiger partial charge is 0.497 e. The average molecular weight is 474 g/mol. The molecule has 1 saturated heterocycles. The van der Waals surface area contributed by atoms with Crippen molar-refractivity contribution in [3.63, 3.8) is 0 Å². The van der Waals surface area contributed by atoms with Crippen LogP contribution >= 0.6 is 11.3 Å². The zero-order chi connectivity index (χ0) is 23.5. The maximum atomic E-state index is 13.4. The average Bonchev–Trinajstić information content (AvgIpc) is 3.51. The van der Waals surface area contributed by atoms with Crippen LogP contribution in [0.2, 0.25) is 0 Å². The van der Waals surface area contributed by atoms with Crippen molar-refractivity contribution in [1.82, 2.24) is 24.6 Å². The Bertz CT molecular complexity index is 1260. The summed E-state index contributed by atoms with van der Waals surface area (Å²) in [5.74, 6) is 0.755. The molecule has 1 amide bonds. The molecule has 2 aromatic carbocycles. The van der Waals surface area contributed by atoms with Crippen LogP contribution in [0.4, 0.5) is 0 Å². The Morgan fingerprint density at radius 3 is 2.41 bits per heavy atom. The summed E-state index contributed by atoms with van der Waals surface area (Å²) in [6, 6.07) is 19.6. The molecule has 1 fully saturated rings. The van der Waals surface area contributed by atoms with E-state index in [1.807, 2.05) is 77.2 Å². The summed E-state index contributed by atoms with van der Waals surface area (Å²) in [6.07, 6.45) is 0. The first kappa shape index (κ1) is 22.3. The second-order valence-corrected chi connectivity index (χ2v) is 9.38. The minimum atomic E-state index is -0.0337. The maximum Gasteiger partial charge on any atom is 0.274 e. The van der Waals surface area contributed by atoms with Crippen molar-refractivity contribution in [3.8, 4) is 22.7 Å². The van der Waals surface area contributed by atoms with E-state index in [2.05, 4.69) is 15.3 Å². The fourth-order valence-corrected chi connectivity index (χ4v) is 4.80. The van der Waals surface area contributed by atoms with Gasteiger partial charge in [-0.05, 0) is 49.4 Å². The first-order valence-electron chi connectivity index (χ1n) is 11.3. The van der Waals surface area contributed by atoms with Gasteiger partial charge in [-0.3, -0.25) is 9.69 Å². The summed E-state index contributed by atoms with van der Waals surface area (Å²) in [5, 5.41) is 7.94. The number of nitrogens with zero attached hydrogens (tertiary/aromatic N) is 5. The molecule has 5 rings (SSSR count). The van der Waals surface area contributed by atoms with Gasteiger partial charge in [0.15, 0.2) is 5.69 Å². The lowest BCUT2D eigenvalue weighted by Gasteiger charge is -2.34. The second kappa shape index (κ2) is 9.79. The number of piperazine rings is 1. The van der Waals surface area contributed by atoms with E-state index in [1.165, 1.54) is 0 Å². The molecule has 1 aliphatic rings. The lowest BCUT2D eigenvalue weighted by atomic mass is 10.1. The third-order valence-corrected chi connectivity index (χ3v) is 6.85. The molecule has 174 valence electrons. The van der Waals surface area contributed by atoms with Crippen LogP contribution in [0.1, 0.15) is 21.2 Å². The summed E-state index contributed by atoms with van der Waals surface area (Å²) in [7, 11) is 1.65. The van der Waals surface area contributed by atoms with E-state index in [9.17, 15) is 4.79 Å². The number of thiazole rings is 1. The number of hydrogen-bond acceptors (Lipinski definition) is 6. The molecule has 0 bridgehead atoms. The van der Waals surface area contributed by atoms with Gasteiger partial charge in [-0.15, -0.1) is 11.3 Å². The standard InChI is InChI=1S/C26H27N5O2S/c1-19-27-21(18-34-19)17-29-12-14-30(15-13-29)26(32)24-16-25(20-8-10-23(33-2)11-9-20)31(28-24)22-6-4-3-5-7-22/h3-11,16,18H,12-15,17H2,1-2H3. The Morgan fingerprint density at radius 1 is 1.03 bits per heavy atom. The summed E-state index contributed by atoms with van der Waals surface area (Å²) in [4.78, 5) is 22.2. The van der Waals surface area contributed by atoms with E-state index in [0.717, 1.165) is 53.0 Å². The SMILES string of the molecule is COc1ccc(-c2cc(C(=O)N3CCN(Cc4csc(C)n4)CC3)nn2-c2ccccc2)cc1. The molecule has 0 N–H and O–H groups in total. The first-order valence-corrected chi connectivity index (χ1v) is 12.2. The summed E-state index contributed by atoms with van der Waals surface area (Å²) >= 11 is 1.68. The number of aryl methyl sites for hydroxylation is 1. The van der Waals surface area contributed by atoms with Gasteiger partial charge in [-0.25, -0.2) is 9.67 Å². The van der Waals surface area contributed by atoms with E-state index in [1.54, 1.807) is 18.4 Å². The molecular weight excluding hydrogens is 446 g/mol. The molecule has 0 unspecified atom stereocenters. The van der Waals surface area contributed by atoms with Crippen LogP contribution in [0.3, 0.4) is 0 Å². The van der Waals surface area contributed by atoms with Crippen LogP contribution in [-0.4, -0.2) is 63.8 Å². The van der Waals surface area contributed by atoms with Gasteiger partial charge in [0, 0.05) is 43.7 Å². The Morgan fingerprint density at radius 2 is 1.76 bits per heavy atom. The molecule has 0 radical (unpaired) electrons. The topological polar surface area (TPSA) is 63.5 Å². The van der Waals surface area contributed by atoms with Gasteiger partial charge in [0.05, 0.1) is 29.2 Å². The number of carbonyl (C=O) groups excluding carboxylic acids is 1. The van der Waals surface area contributed by atoms with Gasteiger partial charge in [0.25, 0.3) is 5.91 Å². The monoisotopic (exact) mass is 473 g/mol. The fourth-order valence-electron chi connectivity index (χ4n) is 4.20. The van der Waals surface area contributed by atoms with Gasteiger partial charge in [-0.1, -0.05) is 18.2 Å². The summed E-state index contributed by atoms with van der Waals surface area (Å²) in [6.45, 7) is 5.87. The van der Waals surface area contributed by atoms with E-state index < -0.39 is 0 Å². The van der Waals surface area contributed by atoms with Crippen LogP contribution in [0.15, 0.2) is 66.0 Å². The molecule has 0 saturated carbocycles. The lowest BCUT2D eigenvalue weighted by Crippen LogP contribution is -2.48. The van der Waals surface area contributed by atoms with Crippen molar-refractivity contribution >= 4 is 17.2 Å². The number of hydrogen-bond donors (Lipinski definition) is 0. The first-order chi connectivity index (χ1) is 16.6. The zero-order valence-corrected chi connectivity index (χ0v) is 20.2. The number of amides is 1. The van der Waals surface area contributed by atoms with Crippen molar-refractivity contribution in [2.45, 2.75) is 13.5 Å². The quantitative estimate of drug-likeness (QED) is 0.419. The van der Waals surface area contributed by atoms with E-state index >= 15 is 0 Å². The highest BCUT2D eigenvalue weighted by Gasteiger charge is 2.26. The molecule has 0 atom stereocenters. The Kier molecular flexibility index (Phi) is 6.42. The highest BCUT2D eigenvalue weighted by molar-refractivity contribution is 7.09. The number of rotatable bonds is 6. The zero-order valence-electron chi connectivity index (χ0n) is 19.3. The number of aromatic nitrogens is 3. The normalized spacial score (nSPS) is 14.4. The van der Waals surface area contributed by atoms with Crippen LogP contribution in [-0.2, 0) is 6.54 Å². The molecule has 34 heavy (non-hydrogen) atoms. The predicted octanol–water partition coefficient (Wildman–Crippen LogP) is 4.27. The molecule has 0 spiro atoms. The van der Waals surface area contributed by atoms with Crippen molar-refractivity contribution in [1.29, 1.82) is 0 Å². The molecule has 7 nitrogen and oxygen atoms in total. The molecular formula is C26H27N5O2S. The number of ether oxygens (including phenoxy) is 1. The molecule has 0 aliphatic carbocycles. The van der Waals surface area contributed by atoms with Gasteiger partial charge >= 0.3 is 0 Å². The van der Waals surface area contributed by atoms with Crippen molar-refractivity contribution in [3.05, 3.63) is 82.4 Å². The number of methoxy groups -OCH3 is 1. The third-order valence-electron chi connectivity index (χ3n) is 6.03. The maximum absolute atomic E-state index is 13.4. The lowest BCUT2D eigenvalue weighted by molar-refractivity contribution is 0.0621. The van der Waals surface area contributed by atoms with Crippen LogP contribution in [0, 0.1) is 6.92 Å². The second-order valence-electron chi connectivity index (χ2n) is 8.32. The van der Waals surface area contributed by atoms with Gasteiger partial charge < -0.3 is 9.64 Å². The highest BCUT2D eigenvalue weighted by Crippen LogP contribution is 2.27. The Balaban J connectivity index is 1.36. The van der Waals surface area contributed by atoms with Crippen LogP contribution < -0.4 is 4.74 Å². The van der Waals surface area contributed by atoms with E-state index in [4.69, 9.17) is 9.84 Å². The van der Waals surface area contributed by atoms with Crippen molar-refractivity contribution in [2.24, 2.45) is 0 Å². The number of para-hydroxylation sites is 1. The van der Waals surface area contributed by atoms with E-state index in [-0.39, 0.29) is 5.91 Å². The minimum absolute atomic E-state index is 0.0337. The fraction of sp³-hybridized carbons (Fsp3) is 0.269. The molecule has 3 heterocycles. The van der Waals surface area contributed by atoms with Crippen LogP contribution in [0.25, 0.3) is 16.9 Å². The molecule has 4 aromatic rings. The smallest absolute Gasteiger partial charge is 0.274 e. The van der Waals surface area contributed by atoms with Gasteiger partial charge in [0.1, 0.15) is 5.75 Å². The third kappa shape index (κ3) is 4.73. The predicted molar refractivity (Wildman–Crippen MR) is 134 cm³/mol. The molecule has 1 aliphatic heterocycles. The minimum Gasteiger partial charge on any atom is -0.497 e. The Hall–Kier alpha value is -3.49. The molecule has 2 aromatic heterocycles. The van der Waals surface area contributed by atoms with E-state index in [0.29, 0.717) is 18.8 Å². The number of benzene rings is 2. The van der Waals surface area contributed by atoms with Gasteiger partial charge in [0.2, 0.25) is 0 Å². The summed E-state index contributed by atoms with van der Waals surface area (Å²) < 4.78 is 7.14. The number of carbonyl (C=O) groups is 1. The van der Waals surface area contributed by atoms with Crippen molar-refractivity contribution in [2.75, 3.05) is 33.3 Å². The van der Waals surface area contributed by atoms with Crippen molar-refractivity contribution < 1.29 is 9.53 Å². The van der Waals surface area contributed by atoms with Gasteiger partial charge in [-0.2, -0.15) is 5.10 Å². The molecule has 8 heteroatoms. The van der Waals surface area contributed by atoms with Crippen LogP contribution in [0.5, 0.6) is 5.75 Å².